The normalized spacial score (nSPS) is 11.3. The van der Waals surface area contributed by atoms with Gasteiger partial charge < -0.3 is 9.84 Å². The Bertz CT molecular complexity index is 604. The van der Waals surface area contributed by atoms with E-state index >= 15 is 0 Å². The number of rotatable bonds is 4. The molecule has 0 unspecified atom stereocenters. The van der Waals surface area contributed by atoms with E-state index in [1.54, 1.807) is 26.3 Å². The third-order valence-electron chi connectivity index (χ3n) is 3.00. The van der Waals surface area contributed by atoms with Crippen LogP contribution in [0.2, 0.25) is 0 Å². The number of carboxylic acids is 1. The van der Waals surface area contributed by atoms with E-state index in [-0.39, 0.29) is 0 Å². The smallest absolute Gasteiger partial charge is 0.315 e. The summed E-state index contributed by atoms with van der Waals surface area (Å²) in [5.41, 5.74) is 0.521. The van der Waals surface area contributed by atoms with Crippen LogP contribution in [-0.2, 0) is 10.2 Å². The van der Waals surface area contributed by atoms with E-state index in [2.05, 4.69) is 4.98 Å². The number of aliphatic carboxylic acids is 1. The Labute approximate surface area is 115 Å². The summed E-state index contributed by atoms with van der Waals surface area (Å²) in [5, 5.41) is 11.8. The van der Waals surface area contributed by atoms with Gasteiger partial charge in [0.15, 0.2) is 0 Å². The third kappa shape index (κ3) is 2.61. The Morgan fingerprint density at radius 2 is 2.16 bits per heavy atom. The van der Waals surface area contributed by atoms with Gasteiger partial charge in [0.2, 0.25) is 0 Å². The van der Waals surface area contributed by atoms with Crippen LogP contribution in [-0.4, -0.2) is 23.2 Å². The molecule has 100 valence electrons. The zero-order chi connectivity index (χ0) is 14.0. The first-order valence-corrected chi connectivity index (χ1v) is 6.67. The van der Waals surface area contributed by atoms with Crippen molar-refractivity contribution in [1.82, 2.24) is 4.98 Å². The number of nitrogens with zero attached hydrogens (tertiary/aromatic N) is 1. The highest BCUT2D eigenvalue weighted by Crippen LogP contribution is 2.31. The van der Waals surface area contributed by atoms with Crippen LogP contribution in [0.25, 0.3) is 10.6 Å². The molecule has 0 saturated carbocycles. The molecule has 0 aliphatic heterocycles. The summed E-state index contributed by atoms with van der Waals surface area (Å²) in [6.07, 6.45) is 0. The predicted octanol–water partition coefficient (Wildman–Crippen LogP) is 3.18. The Morgan fingerprint density at radius 1 is 1.42 bits per heavy atom. The van der Waals surface area contributed by atoms with Crippen molar-refractivity contribution in [2.75, 3.05) is 7.11 Å². The molecule has 4 nitrogen and oxygen atoms in total. The molecule has 0 spiro atoms. The Morgan fingerprint density at radius 3 is 2.79 bits per heavy atom. The van der Waals surface area contributed by atoms with Gasteiger partial charge in [-0.15, -0.1) is 11.3 Å². The number of carbonyl (C=O) groups is 1. The zero-order valence-electron chi connectivity index (χ0n) is 11.0. The average Bonchev–Trinajstić information content (AvgIpc) is 2.89. The Kier molecular flexibility index (Phi) is 3.57. The van der Waals surface area contributed by atoms with Crippen LogP contribution in [0.4, 0.5) is 0 Å². The summed E-state index contributed by atoms with van der Waals surface area (Å²) >= 11 is 1.44. The molecule has 1 N–H and O–H groups in total. The van der Waals surface area contributed by atoms with Crippen LogP contribution >= 0.6 is 11.3 Å². The van der Waals surface area contributed by atoms with Crippen molar-refractivity contribution in [3.8, 4) is 16.3 Å². The molecule has 1 aromatic carbocycles. The first-order chi connectivity index (χ1) is 8.95. The molecule has 0 radical (unpaired) electrons. The zero-order valence-corrected chi connectivity index (χ0v) is 11.8. The molecular formula is C14H15NO3S. The second-order valence-electron chi connectivity index (χ2n) is 4.70. The first-order valence-electron chi connectivity index (χ1n) is 5.79. The van der Waals surface area contributed by atoms with Crippen LogP contribution in [0.15, 0.2) is 29.6 Å². The summed E-state index contributed by atoms with van der Waals surface area (Å²) in [4.78, 5) is 15.6. The van der Waals surface area contributed by atoms with Gasteiger partial charge in [0, 0.05) is 10.9 Å². The SMILES string of the molecule is COc1cccc(-c2nc(C(C)(C)C(=O)O)cs2)c1. The minimum absolute atomic E-state index is 0.572. The summed E-state index contributed by atoms with van der Waals surface area (Å²) < 4.78 is 5.17. The fourth-order valence-corrected chi connectivity index (χ4v) is 2.54. The molecule has 0 aliphatic rings. The number of benzene rings is 1. The monoisotopic (exact) mass is 277 g/mol. The number of carboxylic acid groups (broad SMARTS) is 1. The number of aromatic nitrogens is 1. The molecule has 0 atom stereocenters. The van der Waals surface area contributed by atoms with Gasteiger partial charge in [-0.3, -0.25) is 4.79 Å². The Hall–Kier alpha value is -1.88. The van der Waals surface area contributed by atoms with Gasteiger partial charge in [-0.1, -0.05) is 12.1 Å². The van der Waals surface area contributed by atoms with Gasteiger partial charge in [-0.05, 0) is 26.0 Å². The molecule has 1 heterocycles. The molecular weight excluding hydrogens is 262 g/mol. The molecule has 5 heteroatoms. The molecule has 0 amide bonds. The van der Waals surface area contributed by atoms with E-state index in [1.165, 1.54) is 11.3 Å². The lowest BCUT2D eigenvalue weighted by atomic mass is 9.90. The average molecular weight is 277 g/mol. The Balaban J connectivity index is 2.38. The van der Waals surface area contributed by atoms with Crippen LogP contribution in [0, 0.1) is 0 Å². The van der Waals surface area contributed by atoms with Crippen molar-refractivity contribution < 1.29 is 14.6 Å². The lowest BCUT2D eigenvalue weighted by Crippen LogP contribution is -2.28. The number of methoxy groups -OCH3 is 1. The highest BCUT2D eigenvalue weighted by Gasteiger charge is 2.32. The van der Waals surface area contributed by atoms with E-state index in [0.717, 1.165) is 16.3 Å². The molecule has 1 aromatic heterocycles. The van der Waals surface area contributed by atoms with Crippen LogP contribution in [0.5, 0.6) is 5.75 Å². The van der Waals surface area contributed by atoms with Gasteiger partial charge in [0.05, 0.1) is 12.8 Å². The molecule has 0 saturated heterocycles. The number of ether oxygens (including phenoxy) is 1. The lowest BCUT2D eigenvalue weighted by molar-refractivity contribution is -0.142. The van der Waals surface area contributed by atoms with Crippen LogP contribution < -0.4 is 4.74 Å². The maximum Gasteiger partial charge on any atom is 0.315 e. The second kappa shape index (κ2) is 5.01. The van der Waals surface area contributed by atoms with Crippen LogP contribution in [0.3, 0.4) is 0 Å². The predicted molar refractivity (Wildman–Crippen MR) is 74.8 cm³/mol. The highest BCUT2D eigenvalue weighted by molar-refractivity contribution is 7.13. The maximum atomic E-state index is 11.2. The minimum Gasteiger partial charge on any atom is -0.497 e. The summed E-state index contributed by atoms with van der Waals surface area (Å²) in [6, 6.07) is 7.56. The standard InChI is InChI=1S/C14H15NO3S/c1-14(2,13(16)17)11-8-19-12(15-11)9-5-4-6-10(7-9)18-3/h4-8H,1-3H3,(H,16,17). The van der Waals surface area contributed by atoms with Crippen molar-refractivity contribution >= 4 is 17.3 Å². The van der Waals surface area contributed by atoms with E-state index in [9.17, 15) is 9.90 Å². The molecule has 0 bridgehead atoms. The third-order valence-corrected chi connectivity index (χ3v) is 3.89. The van der Waals surface area contributed by atoms with E-state index in [1.807, 2.05) is 24.3 Å². The lowest BCUT2D eigenvalue weighted by Gasteiger charge is -2.15. The van der Waals surface area contributed by atoms with Crippen molar-refractivity contribution in [2.45, 2.75) is 19.3 Å². The van der Waals surface area contributed by atoms with Gasteiger partial charge >= 0.3 is 5.97 Å². The molecule has 2 aromatic rings. The van der Waals surface area contributed by atoms with Gasteiger partial charge in [-0.25, -0.2) is 4.98 Å². The second-order valence-corrected chi connectivity index (χ2v) is 5.56. The minimum atomic E-state index is -0.979. The fraction of sp³-hybridized carbons (Fsp3) is 0.286. The molecule has 2 rings (SSSR count). The molecule has 0 aliphatic carbocycles. The van der Waals surface area contributed by atoms with Crippen molar-refractivity contribution in [3.05, 3.63) is 35.3 Å². The molecule has 0 fully saturated rings. The highest BCUT2D eigenvalue weighted by atomic mass is 32.1. The van der Waals surface area contributed by atoms with Crippen molar-refractivity contribution in [2.24, 2.45) is 0 Å². The summed E-state index contributed by atoms with van der Waals surface area (Å²) in [5.74, 6) is -0.123. The largest absolute Gasteiger partial charge is 0.497 e. The van der Waals surface area contributed by atoms with Crippen molar-refractivity contribution in [3.63, 3.8) is 0 Å². The van der Waals surface area contributed by atoms with E-state index in [0.29, 0.717) is 5.69 Å². The summed E-state index contributed by atoms with van der Waals surface area (Å²) in [7, 11) is 1.61. The number of hydrogen-bond acceptors (Lipinski definition) is 4. The quantitative estimate of drug-likeness (QED) is 0.932. The van der Waals surface area contributed by atoms with Gasteiger partial charge in [0.25, 0.3) is 0 Å². The van der Waals surface area contributed by atoms with Crippen molar-refractivity contribution in [1.29, 1.82) is 0 Å². The topological polar surface area (TPSA) is 59.4 Å². The first kappa shape index (κ1) is 13.5. The van der Waals surface area contributed by atoms with Gasteiger partial charge in [0.1, 0.15) is 16.2 Å². The van der Waals surface area contributed by atoms with Gasteiger partial charge in [-0.2, -0.15) is 0 Å². The fourth-order valence-electron chi connectivity index (χ4n) is 1.56. The number of hydrogen-bond donors (Lipinski definition) is 1. The molecule has 19 heavy (non-hydrogen) atoms. The number of thiazole rings is 1. The van der Waals surface area contributed by atoms with E-state index in [4.69, 9.17) is 4.74 Å². The summed E-state index contributed by atoms with van der Waals surface area (Å²) in [6.45, 7) is 3.31. The van der Waals surface area contributed by atoms with E-state index < -0.39 is 11.4 Å². The van der Waals surface area contributed by atoms with Crippen LogP contribution in [0.1, 0.15) is 19.5 Å². The maximum absolute atomic E-state index is 11.2.